The Morgan fingerprint density at radius 1 is 1.32 bits per heavy atom. The van der Waals surface area contributed by atoms with Crippen LogP contribution in [0.25, 0.3) is 16.1 Å². The number of hydrogen-bond acceptors (Lipinski definition) is 3. The highest BCUT2D eigenvalue weighted by Gasteiger charge is 2.11. The molecule has 2 rings (SSSR count). The Labute approximate surface area is 137 Å². The third-order valence-corrected chi connectivity index (χ3v) is 4.60. The fourth-order valence-electron chi connectivity index (χ4n) is 2.39. The van der Waals surface area contributed by atoms with Crippen molar-refractivity contribution in [2.24, 2.45) is 0 Å². The van der Waals surface area contributed by atoms with Gasteiger partial charge >= 0.3 is 0 Å². The zero-order valence-corrected chi connectivity index (χ0v) is 14.8. The summed E-state index contributed by atoms with van der Waals surface area (Å²) in [4.78, 5) is 5.71. The Bertz CT molecular complexity index is 645. The van der Waals surface area contributed by atoms with Crippen LogP contribution >= 0.6 is 11.3 Å². The third-order valence-electron chi connectivity index (χ3n) is 3.64. The first kappa shape index (κ1) is 16.8. The van der Waals surface area contributed by atoms with E-state index in [1.807, 2.05) is 13.1 Å². The lowest BCUT2D eigenvalue weighted by Crippen LogP contribution is -2.14. The molecule has 0 bridgehead atoms. The molecule has 0 aliphatic rings. The van der Waals surface area contributed by atoms with Crippen LogP contribution in [0.1, 0.15) is 50.5 Å². The quantitative estimate of drug-likeness (QED) is 0.615. The van der Waals surface area contributed by atoms with E-state index in [0.717, 1.165) is 46.7 Å². The second kappa shape index (κ2) is 7.59. The first-order valence-electron chi connectivity index (χ1n) is 7.93. The van der Waals surface area contributed by atoms with Crippen molar-refractivity contribution in [1.82, 2.24) is 4.98 Å². The molecule has 22 heavy (non-hydrogen) atoms. The van der Waals surface area contributed by atoms with Crippen LogP contribution in [0.5, 0.6) is 5.75 Å². The highest BCUT2D eigenvalue weighted by atomic mass is 32.1. The molecule has 0 saturated carbocycles. The number of thiazole rings is 1. The van der Waals surface area contributed by atoms with Crippen LogP contribution < -0.4 is 4.74 Å². The molecule has 0 radical (unpaired) electrons. The zero-order chi connectivity index (χ0) is 16.1. The largest absolute Gasteiger partial charge is 0.490 e. The van der Waals surface area contributed by atoms with Crippen LogP contribution in [0.15, 0.2) is 31.0 Å². The Kier molecular flexibility index (Phi) is 5.78. The van der Waals surface area contributed by atoms with Gasteiger partial charge in [-0.1, -0.05) is 32.4 Å². The minimum atomic E-state index is 0.274. The van der Waals surface area contributed by atoms with E-state index in [1.165, 1.54) is 4.88 Å². The minimum Gasteiger partial charge on any atom is -0.490 e. The summed E-state index contributed by atoms with van der Waals surface area (Å²) in [5, 5.41) is 1.04. The highest BCUT2D eigenvalue weighted by Crippen LogP contribution is 2.32. The fourth-order valence-corrected chi connectivity index (χ4v) is 3.14. The Balaban J connectivity index is 2.37. The molecule has 0 unspecified atom stereocenters. The normalized spacial score (nSPS) is 12.2. The molecule has 1 aromatic heterocycles. The number of nitrogens with zero attached hydrogens (tertiary/aromatic N) is 1. The van der Waals surface area contributed by atoms with Crippen LogP contribution in [-0.2, 0) is 0 Å². The maximum atomic E-state index is 6.20. The molecule has 118 valence electrons. The number of aromatic nitrogens is 1. The van der Waals surface area contributed by atoms with Crippen molar-refractivity contribution >= 4 is 16.9 Å². The highest BCUT2D eigenvalue weighted by molar-refractivity contribution is 7.14. The van der Waals surface area contributed by atoms with Crippen LogP contribution in [0.3, 0.4) is 0 Å². The van der Waals surface area contributed by atoms with Gasteiger partial charge in [-0.15, -0.1) is 11.3 Å². The number of allylic oxidation sites excluding steroid dienone is 1. The molecular weight excluding hydrogens is 290 g/mol. The van der Waals surface area contributed by atoms with Gasteiger partial charge in [-0.05, 0) is 50.5 Å². The Hall–Kier alpha value is -1.61. The smallest absolute Gasteiger partial charge is 0.123 e. The molecule has 1 aromatic carbocycles. The van der Waals surface area contributed by atoms with Crippen molar-refractivity contribution in [3.63, 3.8) is 0 Å². The second-order valence-electron chi connectivity index (χ2n) is 5.74. The van der Waals surface area contributed by atoms with Crippen LogP contribution in [0.4, 0.5) is 0 Å². The van der Waals surface area contributed by atoms with Gasteiger partial charge in [0, 0.05) is 16.6 Å². The van der Waals surface area contributed by atoms with Gasteiger partial charge in [0.2, 0.25) is 0 Å². The number of aryl methyl sites for hydroxylation is 1. The van der Waals surface area contributed by atoms with Crippen molar-refractivity contribution in [3.05, 3.63) is 41.4 Å². The van der Waals surface area contributed by atoms with E-state index in [-0.39, 0.29) is 6.10 Å². The predicted octanol–water partition coefficient (Wildman–Crippen LogP) is 6.11. The van der Waals surface area contributed by atoms with Crippen molar-refractivity contribution in [2.75, 3.05) is 0 Å². The molecule has 0 fully saturated rings. The Morgan fingerprint density at radius 3 is 2.64 bits per heavy atom. The number of ether oxygens (including phenoxy) is 1. The lowest BCUT2D eigenvalue weighted by molar-refractivity contribution is 0.186. The minimum absolute atomic E-state index is 0.274. The first-order valence-corrected chi connectivity index (χ1v) is 8.75. The average molecular weight is 315 g/mol. The summed E-state index contributed by atoms with van der Waals surface area (Å²) in [6.45, 7) is 12.5. The molecule has 3 heteroatoms. The van der Waals surface area contributed by atoms with Gasteiger partial charge in [-0.25, -0.2) is 4.98 Å². The summed E-state index contributed by atoms with van der Waals surface area (Å²) >= 11 is 1.71. The molecule has 0 aliphatic carbocycles. The molecule has 0 saturated heterocycles. The number of rotatable bonds is 7. The summed E-state index contributed by atoms with van der Waals surface area (Å²) < 4.78 is 6.20. The third kappa shape index (κ3) is 4.20. The summed E-state index contributed by atoms with van der Waals surface area (Å²) in [6.07, 6.45) is 5.43. The van der Waals surface area contributed by atoms with E-state index >= 15 is 0 Å². The summed E-state index contributed by atoms with van der Waals surface area (Å²) in [5.74, 6) is 0.920. The number of hydrogen-bond donors (Lipinski definition) is 0. The molecule has 0 N–H and O–H groups in total. The van der Waals surface area contributed by atoms with Gasteiger partial charge in [0.25, 0.3) is 0 Å². The standard InChI is InChI=1S/C19H25NOS/c1-6-8-17(7-2)21-18-10-15(13(3)4)9-16(11-18)19-20-12-14(5)22-19/h9-12,17H,3,6-8H2,1-2,4-5H3/t17-/m1/s1. The molecule has 0 amide bonds. The second-order valence-corrected chi connectivity index (χ2v) is 6.97. The molecule has 1 atom stereocenters. The molecule has 0 aliphatic heterocycles. The SMILES string of the molecule is C=C(C)c1cc(O[C@H](CC)CCC)cc(-c2ncc(C)s2)c1. The van der Waals surface area contributed by atoms with Crippen molar-refractivity contribution in [2.45, 2.75) is 53.1 Å². The van der Waals surface area contributed by atoms with Gasteiger partial charge in [0.05, 0.1) is 6.10 Å². The number of benzene rings is 1. The van der Waals surface area contributed by atoms with Gasteiger partial charge in [-0.3, -0.25) is 0 Å². The van der Waals surface area contributed by atoms with E-state index in [1.54, 1.807) is 11.3 Å². The van der Waals surface area contributed by atoms with Crippen molar-refractivity contribution in [1.29, 1.82) is 0 Å². The van der Waals surface area contributed by atoms with Crippen LogP contribution in [0, 0.1) is 6.92 Å². The van der Waals surface area contributed by atoms with E-state index in [9.17, 15) is 0 Å². The molecular formula is C19H25NOS. The monoisotopic (exact) mass is 315 g/mol. The lowest BCUT2D eigenvalue weighted by Gasteiger charge is -2.18. The van der Waals surface area contributed by atoms with Crippen LogP contribution in [-0.4, -0.2) is 11.1 Å². The Morgan fingerprint density at radius 2 is 2.09 bits per heavy atom. The van der Waals surface area contributed by atoms with Crippen molar-refractivity contribution < 1.29 is 4.74 Å². The zero-order valence-electron chi connectivity index (χ0n) is 14.0. The molecule has 2 nitrogen and oxygen atoms in total. The summed E-state index contributed by atoms with van der Waals surface area (Å²) in [5.41, 5.74) is 3.27. The van der Waals surface area contributed by atoms with E-state index in [4.69, 9.17) is 4.74 Å². The van der Waals surface area contributed by atoms with Gasteiger partial charge < -0.3 is 4.74 Å². The van der Waals surface area contributed by atoms with E-state index in [2.05, 4.69) is 50.5 Å². The predicted molar refractivity (Wildman–Crippen MR) is 96.6 cm³/mol. The average Bonchev–Trinajstić information content (AvgIpc) is 2.93. The molecule has 0 spiro atoms. The van der Waals surface area contributed by atoms with E-state index < -0.39 is 0 Å². The van der Waals surface area contributed by atoms with E-state index in [0.29, 0.717) is 0 Å². The van der Waals surface area contributed by atoms with Gasteiger partial charge in [0.15, 0.2) is 0 Å². The van der Waals surface area contributed by atoms with Crippen LogP contribution in [0.2, 0.25) is 0 Å². The van der Waals surface area contributed by atoms with Crippen molar-refractivity contribution in [3.8, 4) is 16.3 Å². The fraction of sp³-hybridized carbons (Fsp3) is 0.421. The van der Waals surface area contributed by atoms with Gasteiger partial charge in [-0.2, -0.15) is 0 Å². The molecule has 1 heterocycles. The maximum Gasteiger partial charge on any atom is 0.123 e. The summed E-state index contributed by atoms with van der Waals surface area (Å²) in [7, 11) is 0. The maximum absolute atomic E-state index is 6.20. The lowest BCUT2D eigenvalue weighted by atomic mass is 10.0. The molecule has 2 aromatic rings. The van der Waals surface area contributed by atoms with Gasteiger partial charge in [0.1, 0.15) is 10.8 Å². The first-order chi connectivity index (χ1) is 10.5. The topological polar surface area (TPSA) is 22.1 Å². The summed E-state index contributed by atoms with van der Waals surface area (Å²) in [6, 6.07) is 6.34.